The maximum Gasteiger partial charge on any atom is 0.442 e. The first-order valence-corrected chi connectivity index (χ1v) is 25.5. The number of nitrogens with one attached hydrogen (secondary N) is 1. The van der Waals surface area contributed by atoms with Gasteiger partial charge in [0.1, 0.15) is 30.4 Å². The van der Waals surface area contributed by atoms with Crippen molar-refractivity contribution in [3.05, 3.63) is 59.7 Å². The third-order valence-electron chi connectivity index (χ3n) is 11.3. The van der Waals surface area contributed by atoms with E-state index in [2.05, 4.69) is 44.6 Å². The molecule has 1 N–H and O–H groups in total. The number of benzene rings is 2. The first-order valence-electron chi connectivity index (χ1n) is 22.0. The zero-order valence-corrected chi connectivity index (χ0v) is 40.6. The highest BCUT2D eigenvalue weighted by molar-refractivity contribution is 7.92. The first-order chi connectivity index (χ1) is 32.2. The van der Waals surface area contributed by atoms with Crippen LogP contribution in [0.15, 0.2) is 45.4 Å². The number of nitrogens with zero attached hydrogens (tertiary/aromatic N) is 9. The quantitative estimate of drug-likeness (QED) is 0.0701. The fourth-order valence-corrected chi connectivity index (χ4v) is 8.87. The van der Waals surface area contributed by atoms with E-state index in [1.54, 1.807) is 0 Å². The molecule has 4 heterocycles. The molecule has 4 aromatic rings. The molecule has 2 fully saturated rings. The molecule has 6 rings (SSSR count). The molecule has 2 aromatic carbocycles. The number of anilines is 4. The van der Waals surface area contributed by atoms with Gasteiger partial charge in [0.15, 0.2) is 23.3 Å². The number of sulfonamides is 2. The van der Waals surface area contributed by atoms with Crippen molar-refractivity contribution in [3.63, 3.8) is 0 Å². The predicted octanol–water partition coefficient (Wildman–Crippen LogP) is 4.10. The normalized spacial score (nSPS) is 15.4. The van der Waals surface area contributed by atoms with Crippen LogP contribution in [-0.4, -0.2) is 150 Å². The number of hydrogen-bond donors (Lipinski definition) is 1. The lowest BCUT2D eigenvalue weighted by molar-refractivity contribution is -0.166. The molecule has 22 nitrogen and oxygen atoms in total. The Balaban J connectivity index is 0.911. The molecule has 0 unspecified atom stereocenters. The highest BCUT2D eigenvalue weighted by atomic mass is 32.2. The second-order valence-electron chi connectivity index (χ2n) is 17.2. The van der Waals surface area contributed by atoms with Crippen LogP contribution in [0.3, 0.4) is 0 Å². The number of carbonyl (C=O) groups is 2. The molecule has 68 heavy (non-hydrogen) atoms. The fraction of sp³-hybridized carbons (Fsp3) is 0.571. The van der Waals surface area contributed by atoms with Crippen LogP contribution >= 0.6 is 0 Å². The SMILES string of the molecule is CC(C)c1noc(N2CCC(N(C)CCOc3ccc(NS(=O)(=O)COC(=O)C(=O)ON(c4ccc(OCCN(C)C5CCN(c6nc(C(C)C)no6)CC5)cc4F)S(C)(=O)=O)c(F)c3)CC2)n1. The van der Waals surface area contributed by atoms with Gasteiger partial charge in [-0.1, -0.05) is 42.5 Å². The van der Waals surface area contributed by atoms with Crippen LogP contribution < -0.4 is 28.5 Å². The van der Waals surface area contributed by atoms with E-state index in [-0.39, 0.29) is 53.1 Å². The molecule has 0 atom stereocenters. The standard InChI is InChI=1S/C42H58F2N10O12S2/c1-27(2)37-45-41(64-47-37)52-16-12-29(13-17-52)50(5)20-22-61-31-8-10-35(33(43)24-31)49-68(59,60)26-63-39(55)40(56)66-54(67(7,57)58)36-11-9-32(25-34(36)44)62-23-21-51(6)30-14-18-53(19-15-30)42-46-38(28(3)4)48-65-42/h8-11,24-25,27-30,49H,12-23,26H2,1-7H3. The van der Waals surface area contributed by atoms with Gasteiger partial charge in [-0.3, -0.25) is 14.5 Å². The van der Waals surface area contributed by atoms with E-state index in [1.165, 1.54) is 12.1 Å². The smallest absolute Gasteiger partial charge is 0.442 e. The van der Waals surface area contributed by atoms with Crippen molar-refractivity contribution in [1.82, 2.24) is 30.1 Å². The summed E-state index contributed by atoms with van der Waals surface area (Å²) in [6, 6.07) is 7.97. The third kappa shape index (κ3) is 13.9. The summed E-state index contributed by atoms with van der Waals surface area (Å²) in [6.45, 7) is 12.3. The summed E-state index contributed by atoms with van der Waals surface area (Å²) in [5.74, 6) is -5.84. The van der Waals surface area contributed by atoms with Crippen LogP contribution in [-0.2, 0) is 39.2 Å². The van der Waals surface area contributed by atoms with Crippen molar-refractivity contribution in [1.29, 1.82) is 0 Å². The minimum atomic E-state index is -4.64. The Bertz CT molecular complexity index is 2570. The Hall–Kier alpha value is -5.86. The first kappa shape index (κ1) is 51.5. The lowest BCUT2D eigenvalue weighted by atomic mass is 10.0. The average Bonchev–Trinajstić information content (AvgIpc) is 4.01. The summed E-state index contributed by atoms with van der Waals surface area (Å²) in [4.78, 5) is 47.0. The fourth-order valence-electron chi connectivity index (χ4n) is 7.34. The largest absolute Gasteiger partial charge is 0.492 e. The lowest BCUT2D eigenvalue weighted by Gasteiger charge is -2.35. The van der Waals surface area contributed by atoms with Crippen LogP contribution in [0.5, 0.6) is 11.5 Å². The van der Waals surface area contributed by atoms with Gasteiger partial charge < -0.3 is 37.9 Å². The van der Waals surface area contributed by atoms with Gasteiger partial charge in [-0.2, -0.15) is 9.97 Å². The van der Waals surface area contributed by atoms with Gasteiger partial charge in [0.2, 0.25) is 5.94 Å². The summed E-state index contributed by atoms with van der Waals surface area (Å²) in [5.41, 5.74) is -1.30. The predicted molar refractivity (Wildman–Crippen MR) is 243 cm³/mol. The number of ether oxygens (including phenoxy) is 3. The van der Waals surface area contributed by atoms with E-state index < -0.39 is 60.9 Å². The minimum Gasteiger partial charge on any atom is -0.492 e. The zero-order chi connectivity index (χ0) is 49.3. The molecule has 2 aromatic heterocycles. The number of halogens is 2. The minimum absolute atomic E-state index is 0.0386. The summed E-state index contributed by atoms with van der Waals surface area (Å²) in [5, 5.41) is 8.06. The summed E-state index contributed by atoms with van der Waals surface area (Å²) in [7, 11) is -5.32. The molecule has 374 valence electrons. The number of piperidine rings is 2. The third-order valence-corrected chi connectivity index (χ3v) is 13.2. The van der Waals surface area contributed by atoms with Gasteiger partial charge in [-0.25, -0.2) is 35.2 Å². The van der Waals surface area contributed by atoms with Crippen molar-refractivity contribution in [2.75, 3.05) is 97.8 Å². The van der Waals surface area contributed by atoms with E-state index in [9.17, 15) is 30.8 Å². The van der Waals surface area contributed by atoms with Crippen molar-refractivity contribution in [2.24, 2.45) is 0 Å². The average molecular weight is 997 g/mol. The van der Waals surface area contributed by atoms with Gasteiger partial charge in [0.25, 0.3) is 20.0 Å². The molecular weight excluding hydrogens is 939 g/mol. The molecule has 0 bridgehead atoms. The Morgan fingerprint density at radius 1 is 0.750 bits per heavy atom. The summed E-state index contributed by atoms with van der Waals surface area (Å²) >= 11 is 0. The second kappa shape index (κ2) is 22.5. The summed E-state index contributed by atoms with van der Waals surface area (Å²) < 4.78 is 109. The summed E-state index contributed by atoms with van der Waals surface area (Å²) in [6.07, 6.45) is 3.94. The number of carbonyl (C=O) groups excluding carboxylic acids is 2. The van der Waals surface area contributed by atoms with Gasteiger partial charge in [0, 0.05) is 75.3 Å². The Labute approximate surface area is 393 Å². The van der Waals surface area contributed by atoms with Gasteiger partial charge in [-0.15, -0.1) is 0 Å². The number of rotatable bonds is 21. The highest BCUT2D eigenvalue weighted by Gasteiger charge is 2.32. The molecule has 26 heteroatoms. The molecule has 2 aliphatic heterocycles. The van der Waals surface area contributed by atoms with Crippen LogP contribution in [0.25, 0.3) is 0 Å². The second-order valence-corrected chi connectivity index (χ2v) is 20.6. The molecule has 2 aliphatic rings. The van der Waals surface area contributed by atoms with Crippen molar-refractivity contribution < 1.29 is 63.3 Å². The number of esters is 1. The molecular formula is C42H58F2N10O12S2. The van der Waals surface area contributed by atoms with Crippen molar-refractivity contribution in [3.8, 4) is 11.5 Å². The van der Waals surface area contributed by atoms with Gasteiger partial charge in [0.05, 0.1) is 11.9 Å². The highest BCUT2D eigenvalue weighted by Crippen LogP contribution is 2.28. The maximum absolute atomic E-state index is 15.3. The Kier molecular flexibility index (Phi) is 17.0. The maximum atomic E-state index is 15.3. The molecule has 0 saturated carbocycles. The monoisotopic (exact) mass is 996 g/mol. The van der Waals surface area contributed by atoms with Crippen molar-refractivity contribution in [2.45, 2.75) is 77.3 Å². The van der Waals surface area contributed by atoms with Crippen LogP contribution in [0, 0.1) is 11.6 Å². The van der Waals surface area contributed by atoms with E-state index in [4.69, 9.17) is 18.5 Å². The Morgan fingerprint density at radius 3 is 1.65 bits per heavy atom. The van der Waals surface area contributed by atoms with E-state index in [1.807, 2.05) is 51.4 Å². The number of hydrogen-bond acceptors (Lipinski definition) is 20. The van der Waals surface area contributed by atoms with Crippen LogP contribution in [0.4, 0.5) is 32.2 Å². The molecule has 0 spiro atoms. The molecule has 0 amide bonds. The topological polar surface area (TPSA) is 245 Å². The van der Waals surface area contributed by atoms with E-state index in [0.29, 0.717) is 43.0 Å². The van der Waals surface area contributed by atoms with E-state index >= 15 is 4.39 Å². The van der Waals surface area contributed by atoms with Crippen molar-refractivity contribution >= 4 is 55.4 Å². The zero-order valence-electron chi connectivity index (χ0n) is 39.0. The van der Waals surface area contributed by atoms with Crippen LogP contribution in [0.1, 0.15) is 76.9 Å². The van der Waals surface area contributed by atoms with Gasteiger partial charge >= 0.3 is 24.0 Å². The van der Waals surface area contributed by atoms with Gasteiger partial charge in [-0.05, 0) is 64.0 Å². The molecule has 2 saturated heterocycles. The molecule has 0 aliphatic carbocycles. The molecule has 0 radical (unpaired) electrons. The van der Waals surface area contributed by atoms with Crippen LogP contribution in [0.2, 0.25) is 0 Å². The number of aromatic nitrogens is 4. The lowest BCUT2D eigenvalue weighted by Crippen LogP contribution is -2.44. The van der Waals surface area contributed by atoms with E-state index in [0.717, 1.165) is 76.1 Å². The number of likely N-dealkylation sites (N-methyl/N-ethyl adjacent to an activating group) is 2. The Morgan fingerprint density at radius 2 is 1.22 bits per heavy atom.